The lowest BCUT2D eigenvalue weighted by Crippen LogP contribution is -1.97. The maximum atomic E-state index is 10.8. The molecule has 0 heterocycles. The van der Waals surface area contributed by atoms with E-state index in [1.54, 1.807) is 6.07 Å². The van der Waals surface area contributed by atoms with E-state index in [1.807, 2.05) is 6.79 Å². The van der Waals surface area contributed by atoms with Crippen LogP contribution >= 0.6 is 0 Å². The van der Waals surface area contributed by atoms with Crippen LogP contribution in [0.25, 0.3) is 10.8 Å². The van der Waals surface area contributed by atoms with Gasteiger partial charge in [-0.05, 0) is 35.0 Å². The molecule has 2 N–H and O–H groups in total. The van der Waals surface area contributed by atoms with Crippen molar-refractivity contribution in [1.82, 2.24) is 0 Å². The molecular formula is C11H10O5S. The fourth-order valence-electron chi connectivity index (χ4n) is 1.37. The number of aromatic hydroxyl groups is 1. The van der Waals surface area contributed by atoms with Gasteiger partial charge in [0.25, 0.3) is 10.1 Å². The van der Waals surface area contributed by atoms with Gasteiger partial charge in [0.2, 0.25) is 0 Å². The fourth-order valence-corrected chi connectivity index (χ4v) is 1.89. The summed E-state index contributed by atoms with van der Waals surface area (Å²) in [4.78, 5) is 7.85. The van der Waals surface area contributed by atoms with Crippen molar-refractivity contribution in [3.63, 3.8) is 0 Å². The Hall–Kier alpha value is -1.92. The summed E-state index contributed by atoms with van der Waals surface area (Å²) in [7, 11) is -4.17. The highest BCUT2D eigenvalue weighted by Crippen LogP contribution is 2.22. The smallest absolute Gasteiger partial charge is 0.294 e. The van der Waals surface area contributed by atoms with Gasteiger partial charge in [-0.25, -0.2) is 0 Å². The van der Waals surface area contributed by atoms with E-state index < -0.39 is 10.1 Å². The van der Waals surface area contributed by atoms with E-state index >= 15 is 0 Å². The summed E-state index contributed by atoms with van der Waals surface area (Å²) in [6, 6.07) is 8.72. The first-order valence-corrected chi connectivity index (χ1v) is 5.90. The Morgan fingerprint density at radius 1 is 0.941 bits per heavy atom. The number of phenolic OH excluding ortho intramolecular Hbond substituents is 1. The Balaban J connectivity index is 0.000000686. The van der Waals surface area contributed by atoms with Gasteiger partial charge in [0.1, 0.15) is 12.5 Å². The largest absolute Gasteiger partial charge is 0.508 e. The lowest BCUT2D eigenvalue weighted by molar-refractivity contribution is -0.0979. The molecule has 5 nitrogen and oxygen atoms in total. The van der Waals surface area contributed by atoms with Crippen molar-refractivity contribution >= 4 is 27.7 Å². The van der Waals surface area contributed by atoms with Gasteiger partial charge in [0.15, 0.2) is 0 Å². The number of carbonyl (C=O) groups excluding carboxylic acids is 1. The Kier molecular flexibility index (Phi) is 3.82. The number of fused-ring (bicyclic) bond motifs is 1. The molecule has 0 atom stereocenters. The van der Waals surface area contributed by atoms with E-state index in [4.69, 9.17) is 9.35 Å². The van der Waals surface area contributed by atoms with Crippen LogP contribution in [0.3, 0.4) is 0 Å². The van der Waals surface area contributed by atoms with Crippen LogP contribution in [0.1, 0.15) is 0 Å². The third-order valence-electron chi connectivity index (χ3n) is 2.09. The zero-order valence-corrected chi connectivity index (χ0v) is 9.52. The maximum absolute atomic E-state index is 10.8. The summed E-state index contributed by atoms with van der Waals surface area (Å²) >= 11 is 0. The highest BCUT2D eigenvalue weighted by molar-refractivity contribution is 7.85. The molecule has 0 saturated carbocycles. The molecule has 0 bridgehead atoms. The van der Waals surface area contributed by atoms with E-state index in [0.717, 1.165) is 0 Å². The van der Waals surface area contributed by atoms with Gasteiger partial charge in [-0.2, -0.15) is 8.42 Å². The van der Waals surface area contributed by atoms with E-state index in [-0.39, 0.29) is 10.6 Å². The average molecular weight is 254 g/mol. The molecule has 0 unspecified atom stereocenters. The molecule has 0 saturated heterocycles. The van der Waals surface area contributed by atoms with Gasteiger partial charge < -0.3 is 9.90 Å². The van der Waals surface area contributed by atoms with Gasteiger partial charge in [0, 0.05) is 0 Å². The minimum absolute atomic E-state index is 0.113. The van der Waals surface area contributed by atoms with Crippen molar-refractivity contribution in [1.29, 1.82) is 0 Å². The number of benzene rings is 2. The van der Waals surface area contributed by atoms with E-state index in [9.17, 15) is 13.5 Å². The molecule has 0 aromatic heterocycles. The van der Waals surface area contributed by atoms with Crippen molar-refractivity contribution in [2.45, 2.75) is 4.90 Å². The molecule has 90 valence electrons. The third-order valence-corrected chi connectivity index (χ3v) is 2.94. The maximum Gasteiger partial charge on any atom is 0.294 e. The first-order valence-electron chi connectivity index (χ1n) is 4.46. The predicted molar refractivity (Wildman–Crippen MR) is 62.5 cm³/mol. The molecule has 0 aliphatic heterocycles. The van der Waals surface area contributed by atoms with Crippen molar-refractivity contribution < 1.29 is 22.9 Å². The minimum Gasteiger partial charge on any atom is -0.508 e. The zero-order chi connectivity index (χ0) is 13.1. The standard InChI is InChI=1S/C10H8O4S.CH2O/c11-9-3-1-8-6-10(15(12,13)14)4-2-7(8)5-9;1-2/h1-6,11H,(H,12,13,14);1H2. The molecular weight excluding hydrogens is 244 g/mol. The molecule has 2 rings (SSSR count). The topological polar surface area (TPSA) is 91.7 Å². The van der Waals surface area contributed by atoms with Crippen LogP contribution in [-0.4, -0.2) is 24.9 Å². The average Bonchev–Trinajstić information content (AvgIpc) is 2.29. The second-order valence-electron chi connectivity index (χ2n) is 3.17. The molecule has 2 aromatic carbocycles. The number of hydrogen-bond acceptors (Lipinski definition) is 4. The number of carbonyl (C=O) groups is 1. The zero-order valence-electron chi connectivity index (χ0n) is 8.70. The van der Waals surface area contributed by atoms with Gasteiger partial charge in [-0.15, -0.1) is 0 Å². The van der Waals surface area contributed by atoms with Crippen molar-refractivity contribution in [3.05, 3.63) is 36.4 Å². The predicted octanol–water partition coefficient (Wildman–Crippen LogP) is 1.61. The van der Waals surface area contributed by atoms with Crippen molar-refractivity contribution in [2.75, 3.05) is 0 Å². The van der Waals surface area contributed by atoms with E-state index in [2.05, 4.69) is 0 Å². The van der Waals surface area contributed by atoms with Gasteiger partial charge in [-0.1, -0.05) is 12.1 Å². The van der Waals surface area contributed by atoms with Crippen molar-refractivity contribution in [3.8, 4) is 5.75 Å². The van der Waals surface area contributed by atoms with Crippen molar-refractivity contribution in [2.24, 2.45) is 0 Å². The lowest BCUT2D eigenvalue weighted by Gasteiger charge is -2.01. The molecule has 6 heteroatoms. The molecule has 0 aliphatic rings. The lowest BCUT2D eigenvalue weighted by atomic mass is 10.1. The van der Waals surface area contributed by atoms with Crippen LogP contribution in [0.5, 0.6) is 5.75 Å². The van der Waals surface area contributed by atoms with Crippen LogP contribution < -0.4 is 0 Å². The summed E-state index contributed by atoms with van der Waals surface area (Å²) in [5.41, 5.74) is 0. The Bertz CT molecular complexity index is 633. The van der Waals surface area contributed by atoms with Gasteiger partial charge in [-0.3, -0.25) is 4.55 Å². The van der Waals surface area contributed by atoms with Crippen LogP contribution in [-0.2, 0) is 14.9 Å². The molecule has 2 aromatic rings. The Labute approximate surface area is 98.1 Å². The fraction of sp³-hybridized carbons (Fsp3) is 0. The number of phenols is 1. The summed E-state index contributed by atoms with van der Waals surface area (Å²) in [5.74, 6) is 0.113. The molecule has 0 amide bonds. The summed E-state index contributed by atoms with van der Waals surface area (Å²) in [5, 5.41) is 10.5. The van der Waals surface area contributed by atoms with E-state index in [0.29, 0.717) is 10.8 Å². The molecule has 0 spiro atoms. The second kappa shape index (κ2) is 4.94. The monoisotopic (exact) mass is 254 g/mol. The Morgan fingerprint density at radius 2 is 1.47 bits per heavy atom. The Morgan fingerprint density at radius 3 is 2.06 bits per heavy atom. The first kappa shape index (κ1) is 13.1. The third kappa shape index (κ3) is 3.02. The van der Waals surface area contributed by atoms with Crippen LogP contribution in [0, 0.1) is 0 Å². The molecule has 17 heavy (non-hydrogen) atoms. The highest BCUT2D eigenvalue weighted by atomic mass is 32.2. The molecule has 0 aliphatic carbocycles. The van der Waals surface area contributed by atoms with Crippen LogP contribution in [0.4, 0.5) is 0 Å². The quantitative estimate of drug-likeness (QED) is 0.754. The first-order chi connectivity index (χ1) is 7.97. The summed E-state index contributed by atoms with van der Waals surface area (Å²) in [6.45, 7) is 2.00. The SMILES string of the molecule is C=O.O=S(=O)(O)c1ccc2cc(O)ccc2c1. The van der Waals surface area contributed by atoms with E-state index in [1.165, 1.54) is 30.3 Å². The van der Waals surface area contributed by atoms with Gasteiger partial charge >= 0.3 is 0 Å². The molecule has 0 fully saturated rings. The van der Waals surface area contributed by atoms with Gasteiger partial charge in [0.05, 0.1) is 4.90 Å². The normalized spacial score (nSPS) is 10.6. The number of hydrogen-bond donors (Lipinski definition) is 2. The summed E-state index contributed by atoms with van der Waals surface area (Å²) < 4.78 is 30.5. The van der Waals surface area contributed by atoms with Crippen LogP contribution in [0.15, 0.2) is 41.3 Å². The minimum atomic E-state index is -4.17. The highest BCUT2D eigenvalue weighted by Gasteiger charge is 2.09. The second-order valence-corrected chi connectivity index (χ2v) is 4.59. The number of rotatable bonds is 1. The summed E-state index contributed by atoms with van der Waals surface area (Å²) in [6.07, 6.45) is 0. The molecule has 0 radical (unpaired) electrons. The van der Waals surface area contributed by atoms with Crippen LogP contribution in [0.2, 0.25) is 0 Å².